The average molecular weight is 435 g/mol. The fraction of sp³-hybridized carbons (Fsp3) is 0.0556. The molecule has 3 rings (SSSR count). The Morgan fingerprint density at radius 3 is 2.54 bits per heavy atom. The van der Waals surface area contributed by atoms with E-state index in [9.17, 15) is 18.8 Å². The summed E-state index contributed by atoms with van der Waals surface area (Å²) in [7, 11) is 0. The molecule has 0 unspecified atom stereocenters. The molecule has 1 aliphatic rings. The lowest BCUT2D eigenvalue weighted by atomic mass is 10.2. The summed E-state index contributed by atoms with van der Waals surface area (Å²) < 4.78 is 13.6. The summed E-state index contributed by atoms with van der Waals surface area (Å²) in [5.74, 6) is -1.42. The van der Waals surface area contributed by atoms with Gasteiger partial charge in [0.05, 0.1) is 10.6 Å². The van der Waals surface area contributed by atoms with Gasteiger partial charge in [-0.05, 0) is 63.6 Å². The minimum Gasteiger partial charge on any atom is -0.324 e. The predicted molar refractivity (Wildman–Crippen MR) is 102 cm³/mol. The summed E-state index contributed by atoms with van der Waals surface area (Å²) in [6.45, 7) is -0.382. The number of nitrogens with zero attached hydrogens (tertiary/aromatic N) is 1. The minimum atomic E-state index is -0.549. The number of amides is 3. The molecule has 0 aliphatic carbocycles. The van der Waals surface area contributed by atoms with Gasteiger partial charge in [-0.3, -0.25) is 19.3 Å². The van der Waals surface area contributed by atoms with E-state index in [1.807, 2.05) is 0 Å². The Morgan fingerprint density at radius 2 is 1.85 bits per heavy atom. The zero-order valence-corrected chi connectivity index (χ0v) is 15.6. The van der Waals surface area contributed by atoms with Crippen molar-refractivity contribution < 1.29 is 18.8 Å². The number of rotatable bonds is 4. The van der Waals surface area contributed by atoms with Gasteiger partial charge in [-0.1, -0.05) is 24.3 Å². The highest BCUT2D eigenvalue weighted by Gasteiger charge is 2.36. The quantitative estimate of drug-likeness (QED) is 0.729. The molecular weight excluding hydrogens is 423 g/mol. The van der Waals surface area contributed by atoms with E-state index in [1.165, 1.54) is 30.3 Å². The maximum Gasteiger partial charge on any atom is 0.294 e. The van der Waals surface area contributed by atoms with Crippen LogP contribution in [0.4, 0.5) is 14.9 Å². The van der Waals surface area contributed by atoms with Gasteiger partial charge in [0.1, 0.15) is 12.4 Å². The molecule has 1 heterocycles. The van der Waals surface area contributed by atoms with Crippen LogP contribution in [0.15, 0.2) is 57.9 Å². The van der Waals surface area contributed by atoms with Crippen molar-refractivity contribution >= 4 is 56.5 Å². The van der Waals surface area contributed by atoms with Crippen LogP contribution < -0.4 is 5.32 Å². The van der Waals surface area contributed by atoms with Gasteiger partial charge < -0.3 is 5.32 Å². The molecule has 0 radical (unpaired) electrons. The van der Waals surface area contributed by atoms with Crippen molar-refractivity contribution in [1.82, 2.24) is 4.90 Å². The standard InChI is InChI=1S/C18H12BrFN2O3S/c19-13-3-1-2-4-14(13)21-16(23)10-22-17(24)15(26-18(22)25)9-11-5-7-12(20)8-6-11/h1-9H,10H2,(H,21,23)/b15-9+. The number of anilines is 1. The largest absolute Gasteiger partial charge is 0.324 e. The second-order valence-electron chi connectivity index (χ2n) is 5.35. The second kappa shape index (κ2) is 7.84. The summed E-state index contributed by atoms with van der Waals surface area (Å²) in [4.78, 5) is 37.7. The van der Waals surface area contributed by atoms with E-state index in [0.717, 1.165) is 16.7 Å². The summed E-state index contributed by atoms with van der Waals surface area (Å²) in [6.07, 6.45) is 1.50. The topological polar surface area (TPSA) is 66.5 Å². The number of nitrogens with one attached hydrogen (secondary N) is 1. The van der Waals surface area contributed by atoms with E-state index in [1.54, 1.807) is 24.3 Å². The number of hydrogen-bond donors (Lipinski definition) is 1. The fourth-order valence-electron chi connectivity index (χ4n) is 2.24. The van der Waals surface area contributed by atoms with Gasteiger partial charge in [-0.2, -0.15) is 0 Å². The van der Waals surface area contributed by atoms with Crippen LogP contribution in [0.1, 0.15) is 5.56 Å². The summed E-state index contributed by atoms with van der Waals surface area (Å²) in [5, 5.41) is 2.12. The highest BCUT2D eigenvalue weighted by Crippen LogP contribution is 2.32. The first-order chi connectivity index (χ1) is 12.4. The van der Waals surface area contributed by atoms with E-state index < -0.39 is 17.1 Å². The van der Waals surface area contributed by atoms with Crippen LogP contribution in [-0.2, 0) is 9.59 Å². The SMILES string of the molecule is O=C(CN1C(=O)S/C(=C/c2ccc(F)cc2)C1=O)Nc1ccccc1Br. The van der Waals surface area contributed by atoms with Crippen molar-refractivity contribution in [2.75, 3.05) is 11.9 Å². The molecule has 3 amide bonds. The molecule has 5 nitrogen and oxygen atoms in total. The van der Waals surface area contributed by atoms with Crippen molar-refractivity contribution in [3.63, 3.8) is 0 Å². The molecule has 2 aromatic carbocycles. The van der Waals surface area contributed by atoms with Crippen LogP contribution in [-0.4, -0.2) is 28.5 Å². The Labute approximate surface area is 161 Å². The average Bonchev–Trinajstić information content (AvgIpc) is 2.86. The summed E-state index contributed by atoms with van der Waals surface area (Å²) >= 11 is 4.06. The lowest BCUT2D eigenvalue weighted by molar-refractivity contribution is -0.127. The molecule has 8 heteroatoms. The molecule has 1 saturated heterocycles. The number of para-hydroxylation sites is 1. The number of benzene rings is 2. The molecular formula is C18H12BrFN2O3S. The van der Waals surface area contributed by atoms with Crippen molar-refractivity contribution in [1.29, 1.82) is 0 Å². The predicted octanol–water partition coefficient (Wildman–Crippen LogP) is 4.26. The van der Waals surface area contributed by atoms with Crippen LogP contribution in [0.3, 0.4) is 0 Å². The first kappa shape index (κ1) is 18.3. The number of halogens is 2. The van der Waals surface area contributed by atoms with Gasteiger partial charge in [0, 0.05) is 4.47 Å². The van der Waals surface area contributed by atoms with Crippen LogP contribution in [0.25, 0.3) is 6.08 Å². The van der Waals surface area contributed by atoms with E-state index in [-0.39, 0.29) is 17.3 Å². The van der Waals surface area contributed by atoms with Gasteiger partial charge in [-0.15, -0.1) is 0 Å². The lowest BCUT2D eigenvalue weighted by Gasteiger charge is -2.13. The van der Waals surface area contributed by atoms with Gasteiger partial charge in [0.2, 0.25) is 5.91 Å². The van der Waals surface area contributed by atoms with Gasteiger partial charge >= 0.3 is 0 Å². The van der Waals surface area contributed by atoms with E-state index in [2.05, 4.69) is 21.2 Å². The zero-order valence-electron chi connectivity index (χ0n) is 13.2. The molecule has 0 spiro atoms. The molecule has 0 bridgehead atoms. The molecule has 1 fully saturated rings. The van der Waals surface area contributed by atoms with Crippen LogP contribution >= 0.6 is 27.7 Å². The Bertz CT molecular complexity index is 915. The first-order valence-electron chi connectivity index (χ1n) is 7.49. The highest BCUT2D eigenvalue weighted by atomic mass is 79.9. The van der Waals surface area contributed by atoms with Crippen LogP contribution in [0.5, 0.6) is 0 Å². The Morgan fingerprint density at radius 1 is 1.15 bits per heavy atom. The molecule has 132 valence electrons. The Kier molecular flexibility index (Phi) is 5.53. The van der Waals surface area contributed by atoms with Crippen molar-refractivity contribution in [2.45, 2.75) is 0 Å². The van der Waals surface area contributed by atoms with Crippen LogP contribution in [0.2, 0.25) is 0 Å². The molecule has 0 saturated carbocycles. The molecule has 26 heavy (non-hydrogen) atoms. The number of imide groups is 1. The lowest BCUT2D eigenvalue weighted by Crippen LogP contribution is -2.36. The van der Waals surface area contributed by atoms with Crippen molar-refractivity contribution in [2.24, 2.45) is 0 Å². The van der Waals surface area contributed by atoms with E-state index in [4.69, 9.17) is 0 Å². The third-order valence-corrected chi connectivity index (χ3v) is 5.09. The van der Waals surface area contributed by atoms with Crippen LogP contribution in [0, 0.1) is 5.82 Å². The number of carbonyl (C=O) groups is 3. The van der Waals surface area contributed by atoms with Crippen molar-refractivity contribution in [3.8, 4) is 0 Å². The smallest absolute Gasteiger partial charge is 0.294 e. The van der Waals surface area contributed by atoms with E-state index in [0.29, 0.717) is 15.7 Å². The molecule has 0 aromatic heterocycles. The Hall–Kier alpha value is -2.45. The zero-order chi connectivity index (χ0) is 18.7. The molecule has 1 N–H and O–H groups in total. The minimum absolute atomic E-state index is 0.190. The fourth-order valence-corrected chi connectivity index (χ4v) is 3.46. The maximum atomic E-state index is 12.9. The normalized spacial score (nSPS) is 15.6. The third kappa shape index (κ3) is 4.20. The maximum absolute atomic E-state index is 12.9. The number of thioether (sulfide) groups is 1. The summed E-state index contributed by atoms with van der Waals surface area (Å²) in [5.41, 5.74) is 1.14. The highest BCUT2D eigenvalue weighted by molar-refractivity contribution is 9.10. The number of hydrogen-bond acceptors (Lipinski definition) is 4. The van der Waals surface area contributed by atoms with Gasteiger partial charge in [0.25, 0.3) is 11.1 Å². The Balaban J connectivity index is 1.70. The molecule has 2 aromatic rings. The molecule has 0 atom stereocenters. The van der Waals surface area contributed by atoms with Gasteiger partial charge in [-0.25, -0.2) is 4.39 Å². The number of carbonyl (C=O) groups excluding carboxylic acids is 3. The monoisotopic (exact) mass is 434 g/mol. The second-order valence-corrected chi connectivity index (χ2v) is 7.19. The summed E-state index contributed by atoms with van der Waals surface area (Å²) in [6, 6.07) is 12.6. The van der Waals surface area contributed by atoms with Gasteiger partial charge in [0.15, 0.2) is 0 Å². The molecule has 1 aliphatic heterocycles. The first-order valence-corrected chi connectivity index (χ1v) is 9.10. The van der Waals surface area contributed by atoms with E-state index >= 15 is 0 Å². The van der Waals surface area contributed by atoms with Crippen molar-refractivity contribution in [3.05, 3.63) is 69.3 Å². The third-order valence-electron chi connectivity index (χ3n) is 3.49.